The summed E-state index contributed by atoms with van der Waals surface area (Å²) in [4.78, 5) is 29.9. The van der Waals surface area contributed by atoms with Crippen LogP contribution in [-0.4, -0.2) is 39.9 Å². The normalized spacial score (nSPS) is 14.7. The topological polar surface area (TPSA) is 59.1 Å². The van der Waals surface area contributed by atoms with Crippen LogP contribution in [0.15, 0.2) is 54.6 Å². The first kappa shape index (κ1) is 22.0. The second-order valence-corrected chi connectivity index (χ2v) is 9.60. The molecule has 0 aromatic heterocycles. The molecule has 0 radical (unpaired) electrons. The molecule has 34 heavy (non-hydrogen) atoms. The van der Waals surface area contributed by atoms with Gasteiger partial charge >= 0.3 is 5.97 Å². The molecule has 2 heterocycles. The number of ketones is 1. The molecule has 0 fully saturated rings. The average molecular weight is 457 g/mol. The van der Waals surface area contributed by atoms with Crippen molar-refractivity contribution < 1.29 is 19.1 Å². The lowest BCUT2D eigenvalue weighted by Crippen LogP contribution is -2.33. The molecule has 0 N–H and O–H groups in total. The van der Waals surface area contributed by atoms with Crippen LogP contribution < -0.4 is 14.5 Å². The summed E-state index contributed by atoms with van der Waals surface area (Å²) in [5, 5.41) is 0. The van der Waals surface area contributed by atoms with Gasteiger partial charge in [0, 0.05) is 79.9 Å². The third-order valence-corrected chi connectivity index (χ3v) is 6.62. The number of fused-ring (bicyclic) bond motifs is 6. The Morgan fingerprint density at radius 2 is 1.32 bits per heavy atom. The summed E-state index contributed by atoms with van der Waals surface area (Å²) in [5.41, 5.74) is 3.98. The zero-order chi connectivity index (χ0) is 24.4. The Bertz CT molecular complexity index is 1280. The molecule has 3 aromatic rings. The Morgan fingerprint density at radius 3 is 1.82 bits per heavy atom. The fourth-order valence-electron chi connectivity index (χ4n) is 4.75. The number of anilines is 2. The summed E-state index contributed by atoms with van der Waals surface area (Å²) in [5.74, 6) is 0.661. The van der Waals surface area contributed by atoms with Gasteiger partial charge in [-0.2, -0.15) is 0 Å². The van der Waals surface area contributed by atoms with E-state index in [0.717, 1.165) is 28.1 Å². The van der Waals surface area contributed by atoms with Crippen molar-refractivity contribution in [1.29, 1.82) is 0 Å². The molecule has 1 spiro atoms. The van der Waals surface area contributed by atoms with Crippen molar-refractivity contribution in [2.24, 2.45) is 5.92 Å². The highest BCUT2D eigenvalue weighted by Crippen LogP contribution is 2.57. The van der Waals surface area contributed by atoms with Gasteiger partial charge in [0.05, 0.1) is 5.56 Å². The van der Waals surface area contributed by atoms with E-state index < -0.39 is 11.6 Å². The van der Waals surface area contributed by atoms with Crippen molar-refractivity contribution in [3.8, 4) is 11.5 Å². The van der Waals surface area contributed by atoms with Crippen LogP contribution in [0, 0.1) is 5.92 Å². The minimum Gasteiger partial charge on any atom is -0.456 e. The molecule has 2 aliphatic heterocycles. The Balaban J connectivity index is 1.78. The second-order valence-electron chi connectivity index (χ2n) is 9.60. The molecular weight excluding hydrogens is 428 g/mol. The third-order valence-electron chi connectivity index (χ3n) is 6.62. The highest BCUT2D eigenvalue weighted by Gasteiger charge is 2.53. The monoisotopic (exact) mass is 456 g/mol. The van der Waals surface area contributed by atoms with Gasteiger partial charge < -0.3 is 19.3 Å². The quantitative estimate of drug-likeness (QED) is 0.396. The van der Waals surface area contributed by atoms with Crippen molar-refractivity contribution in [3.05, 3.63) is 82.4 Å². The number of esters is 1. The zero-order valence-corrected chi connectivity index (χ0v) is 20.3. The Morgan fingerprint density at radius 1 is 0.794 bits per heavy atom. The second kappa shape index (κ2) is 7.62. The van der Waals surface area contributed by atoms with Gasteiger partial charge in [-0.15, -0.1) is 0 Å². The standard InChI is InChI=1S/C28H28N2O4/c1-16(2)26(31)17-7-10-21-20(13-17)27(32)34-28(21)22-11-8-18(29(3)4)14-24(22)33-25-15-19(30(5)6)9-12-23(25)28/h7-16H,1-6H3. The third kappa shape index (κ3) is 3.09. The first-order chi connectivity index (χ1) is 16.1. The van der Waals surface area contributed by atoms with Crippen molar-refractivity contribution in [2.75, 3.05) is 38.0 Å². The number of nitrogens with zero attached hydrogens (tertiary/aromatic N) is 2. The van der Waals surface area contributed by atoms with E-state index >= 15 is 0 Å². The predicted octanol–water partition coefficient (Wildman–Crippen LogP) is 5.23. The van der Waals surface area contributed by atoms with Crippen LogP contribution in [0.4, 0.5) is 11.4 Å². The molecule has 0 bridgehead atoms. The molecule has 0 saturated carbocycles. The highest BCUT2D eigenvalue weighted by molar-refractivity contribution is 6.03. The van der Waals surface area contributed by atoms with Crippen molar-refractivity contribution in [2.45, 2.75) is 19.4 Å². The van der Waals surface area contributed by atoms with E-state index in [1.165, 1.54) is 0 Å². The van der Waals surface area contributed by atoms with Crippen LogP contribution in [0.3, 0.4) is 0 Å². The van der Waals surface area contributed by atoms with E-state index in [4.69, 9.17) is 9.47 Å². The fourth-order valence-corrected chi connectivity index (χ4v) is 4.75. The fraction of sp³-hybridized carbons (Fsp3) is 0.286. The summed E-state index contributed by atoms with van der Waals surface area (Å²) >= 11 is 0. The van der Waals surface area contributed by atoms with Gasteiger partial charge in [0.2, 0.25) is 0 Å². The van der Waals surface area contributed by atoms with Crippen molar-refractivity contribution in [1.82, 2.24) is 0 Å². The van der Waals surface area contributed by atoms with E-state index in [1.807, 2.05) is 94.3 Å². The molecule has 0 atom stereocenters. The lowest BCUT2D eigenvalue weighted by atomic mass is 9.77. The van der Waals surface area contributed by atoms with E-state index in [0.29, 0.717) is 22.6 Å². The SMILES string of the molecule is CC(C)C(=O)c1ccc2c(c1)C(=O)OC21c2ccc(N(C)C)cc2Oc2cc(N(C)C)ccc21. The summed E-state index contributed by atoms with van der Waals surface area (Å²) < 4.78 is 12.6. The molecule has 6 heteroatoms. The Labute approximate surface area is 199 Å². The van der Waals surface area contributed by atoms with Crippen LogP contribution in [0.5, 0.6) is 11.5 Å². The van der Waals surface area contributed by atoms with Gasteiger partial charge in [0.15, 0.2) is 11.4 Å². The highest BCUT2D eigenvalue weighted by atomic mass is 16.6. The number of hydrogen-bond donors (Lipinski definition) is 0. The van der Waals surface area contributed by atoms with Crippen LogP contribution in [0.2, 0.25) is 0 Å². The lowest BCUT2D eigenvalue weighted by molar-refractivity contribution is 0.0224. The molecule has 5 rings (SSSR count). The largest absolute Gasteiger partial charge is 0.456 e. The van der Waals surface area contributed by atoms with Crippen LogP contribution in [0.1, 0.15) is 51.3 Å². The summed E-state index contributed by atoms with van der Waals surface area (Å²) in [7, 11) is 7.88. The van der Waals surface area contributed by atoms with Crippen LogP contribution in [0.25, 0.3) is 0 Å². The van der Waals surface area contributed by atoms with Gasteiger partial charge in [0.25, 0.3) is 0 Å². The summed E-state index contributed by atoms with van der Waals surface area (Å²) in [6.07, 6.45) is 0. The minimum absolute atomic E-state index is 0.00410. The molecule has 0 saturated heterocycles. The van der Waals surface area contributed by atoms with E-state index in [1.54, 1.807) is 12.1 Å². The van der Waals surface area contributed by atoms with E-state index in [9.17, 15) is 9.59 Å². The zero-order valence-electron chi connectivity index (χ0n) is 20.3. The molecule has 3 aromatic carbocycles. The van der Waals surface area contributed by atoms with Crippen LogP contribution >= 0.6 is 0 Å². The summed E-state index contributed by atoms with van der Waals surface area (Å²) in [6, 6.07) is 17.2. The molecule has 0 amide bonds. The first-order valence-corrected chi connectivity index (χ1v) is 11.4. The number of rotatable bonds is 4. The van der Waals surface area contributed by atoms with Gasteiger partial charge in [-0.25, -0.2) is 4.79 Å². The number of carbonyl (C=O) groups is 2. The molecular formula is C28H28N2O4. The number of hydrogen-bond acceptors (Lipinski definition) is 6. The number of carbonyl (C=O) groups excluding carboxylic acids is 2. The van der Waals surface area contributed by atoms with Gasteiger partial charge in [-0.1, -0.05) is 26.0 Å². The molecule has 2 aliphatic rings. The van der Waals surface area contributed by atoms with E-state index in [2.05, 4.69) is 0 Å². The van der Waals surface area contributed by atoms with Crippen LogP contribution in [-0.2, 0) is 10.3 Å². The first-order valence-electron chi connectivity index (χ1n) is 11.4. The Hall–Kier alpha value is -3.80. The van der Waals surface area contributed by atoms with Gasteiger partial charge in [-0.05, 0) is 30.3 Å². The maximum atomic E-state index is 13.3. The summed E-state index contributed by atoms with van der Waals surface area (Å²) in [6.45, 7) is 3.70. The van der Waals surface area contributed by atoms with Gasteiger partial charge in [-0.3, -0.25) is 4.79 Å². The number of ether oxygens (including phenoxy) is 2. The molecule has 174 valence electrons. The number of Topliss-reactive ketones (excluding diaryl/α,β-unsaturated/α-hetero) is 1. The average Bonchev–Trinajstić information content (AvgIpc) is 3.10. The molecule has 0 aliphatic carbocycles. The van der Waals surface area contributed by atoms with E-state index in [-0.39, 0.29) is 11.7 Å². The minimum atomic E-state index is -1.15. The lowest BCUT2D eigenvalue weighted by Gasteiger charge is -2.37. The smallest absolute Gasteiger partial charge is 0.340 e. The van der Waals surface area contributed by atoms with Crippen molar-refractivity contribution in [3.63, 3.8) is 0 Å². The maximum Gasteiger partial charge on any atom is 0.340 e. The maximum absolute atomic E-state index is 13.3. The predicted molar refractivity (Wildman–Crippen MR) is 133 cm³/mol. The van der Waals surface area contributed by atoms with Crippen molar-refractivity contribution >= 4 is 23.1 Å². The Kier molecular flexibility index (Phi) is 4.93. The number of benzene rings is 3. The molecule has 6 nitrogen and oxygen atoms in total. The molecule has 0 unspecified atom stereocenters. The van der Waals surface area contributed by atoms with Gasteiger partial charge in [0.1, 0.15) is 11.5 Å².